The monoisotopic (exact) mass is 473 g/mol. The number of anilines is 1. The van der Waals surface area contributed by atoms with Crippen LogP contribution in [-0.2, 0) is 6.54 Å². The molecule has 2 aliphatic rings. The Hall–Kier alpha value is -3.41. The number of carbonyl (C=O) groups excluding carboxylic acids is 1. The summed E-state index contributed by atoms with van der Waals surface area (Å²) in [7, 11) is 0. The van der Waals surface area contributed by atoms with Gasteiger partial charge in [0.2, 0.25) is 0 Å². The number of piperazine rings is 1. The van der Waals surface area contributed by atoms with Gasteiger partial charge < -0.3 is 14.4 Å². The van der Waals surface area contributed by atoms with Crippen LogP contribution in [0.3, 0.4) is 0 Å². The van der Waals surface area contributed by atoms with Crippen LogP contribution in [0.5, 0.6) is 0 Å². The predicted molar refractivity (Wildman–Crippen MR) is 137 cm³/mol. The minimum atomic E-state index is -0.274. The fraction of sp³-hybridized carbons (Fsp3) is 0.379. The van der Waals surface area contributed by atoms with Crippen LogP contribution in [0.25, 0.3) is 0 Å². The molecule has 35 heavy (non-hydrogen) atoms. The van der Waals surface area contributed by atoms with E-state index in [1.165, 1.54) is 28.9 Å². The quantitative estimate of drug-likeness (QED) is 0.535. The van der Waals surface area contributed by atoms with Gasteiger partial charge in [0.05, 0.1) is 0 Å². The molecule has 1 saturated carbocycles. The molecule has 1 saturated heterocycles. The van der Waals surface area contributed by atoms with Gasteiger partial charge in [0.25, 0.3) is 5.91 Å². The van der Waals surface area contributed by atoms with E-state index in [1.54, 1.807) is 18.2 Å². The second-order valence-corrected chi connectivity index (χ2v) is 9.97. The molecule has 0 radical (unpaired) electrons. The van der Waals surface area contributed by atoms with Crippen LogP contribution in [0.15, 0.2) is 53.3 Å². The largest absolute Gasteiger partial charge is 0.368 e. The molecule has 0 spiro atoms. The summed E-state index contributed by atoms with van der Waals surface area (Å²) >= 11 is 0. The van der Waals surface area contributed by atoms with Crippen molar-refractivity contribution in [1.29, 1.82) is 0 Å². The number of carbonyl (C=O) groups is 1. The van der Waals surface area contributed by atoms with E-state index in [1.807, 2.05) is 11.8 Å². The number of aromatic nitrogens is 1. The van der Waals surface area contributed by atoms with Gasteiger partial charge in [0.15, 0.2) is 5.43 Å². The maximum absolute atomic E-state index is 13.7. The van der Waals surface area contributed by atoms with Crippen LogP contribution in [0.2, 0.25) is 0 Å². The maximum atomic E-state index is 13.7. The molecule has 0 bridgehead atoms. The number of aryl methyl sites for hydroxylation is 3. The summed E-state index contributed by atoms with van der Waals surface area (Å²) < 4.78 is 15.5. The first kappa shape index (κ1) is 23.3. The van der Waals surface area contributed by atoms with Gasteiger partial charge in [-0.15, -0.1) is 0 Å². The minimum Gasteiger partial charge on any atom is -0.368 e. The van der Waals surface area contributed by atoms with Gasteiger partial charge >= 0.3 is 0 Å². The van der Waals surface area contributed by atoms with Gasteiger partial charge in [0.1, 0.15) is 11.4 Å². The van der Waals surface area contributed by atoms with E-state index in [9.17, 15) is 14.0 Å². The third kappa shape index (κ3) is 4.75. The Morgan fingerprint density at radius 2 is 1.63 bits per heavy atom. The zero-order chi connectivity index (χ0) is 24.7. The summed E-state index contributed by atoms with van der Waals surface area (Å²) in [5, 5.41) is 0. The molecule has 0 unspecified atom stereocenters. The number of amides is 1. The first-order chi connectivity index (χ1) is 16.8. The molecule has 5 nitrogen and oxygen atoms in total. The Morgan fingerprint density at radius 3 is 2.29 bits per heavy atom. The molecule has 3 aromatic rings. The number of pyridine rings is 1. The average molecular weight is 474 g/mol. The lowest BCUT2D eigenvalue weighted by molar-refractivity contribution is 0.0743. The normalized spacial score (nSPS) is 16.0. The van der Waals surface area contributed by atoms with Gasteiger partial charge in [-0.3, -0.25) is 9.59 Å². The molecule has 1 amide bonds. The Bertz CT molecular complexity index is 1320. The number of hydrogen-bond donors (Lipinski definition) is 0. The summed E-state index contributed by atoms with van der Waals surface area (Å²) in [6.45, 7) is 9.28. The lowest BCUT2D eigenvalue weighted by atomic mass is 10.0. The van der Waals surface area contributed by atoms with Crippen molar-refractivity contribution in [2.24, 2.45) is 0 Å². The topological polar surface area (TPSA) is 45.5 Å². The van der Waals surface area contributed by atoms with Gasteiger partial charge in [-0.1, -0.05) is 24.3 Å². The van der Waals surface area contributed by atoms with Crippen molar-refractivity contribution < 1.29 is 9.18 Å². The summed E-state index contributed by atoms with van der Waals surface area (Å²) in [6.07, 6.45) is 1.96. The molecule has 182 valence electrons. The highest BCUT2D eigenvalue weighted by Crippen LogP contribution is 2.42. The molecule has 0 N–H and O–H groups in total. The highest BCUT2D eigenvalue weighted by atomic mass is 19.1. The fourth-order valence-electron chi connectivity index (χ4n) is 5.14. The van der Waals surface area contributed by atoms with Crippen molar-refractivity contribution in [3.05, 3.63) is 98.2 Å². The summed E-state index contributed by atoms with van der Waals surface area (Å²) in [4.78, 5) is 31.1. The zero-order valence-corrected chi connectivity index (χ0v) is 20.7. The Labute approximate surface area is 205 Å². The lowest BCUT2D eigenvalue weighted by Gasteiger charge is -2.37. The van der Waals surface area contributed by atoms with Crippen LogP contribution in [-0.4, -0.2) is 41.6 Å². The molecule has 0 atom stereocenters. The summed E-state index contributed by atoms with van der Waals surface area (Å²) in [5.74, 6) is -0.215. The first-order valence-electron chi connectivity index (χ1n) is 12.4. The van der Waals surface area contributed by atoms with Crippen LogP contribution >= 0.6 is 0 Å². The smallest absolute Gasteiger partial charge is 0.259 e. The molecule has 5 rings (SSSR count). The fourth-order valence-corrected chi connectivity index (χ4v) is 5.14. The van der Waals surface area contributed by atoms with Gasteiger partial charge in [-0.25, -0.2) is 4.39 Å². The van der Waals surface area contributed by atoms with E-state index < -0.39 is 0 Å². The molecule has 1 aliphatic heterocycles. The van der Waals surface area contributed by atoms with E-state index in [0.717, 1.165) is 42.9 Å². The minimum absolute atomic E-state index is 0.162. The number of benzene rings is 2. The lowest BCUT2D eigenvalue weighted by Crippen LogP contribution is -2.50. The highest BCUT2D eigenvalue weighted by Gasteiger charge is 2.35. The molecule has 1 aliphatic carbocycles. The van der Waals surface area contributed by atoms with E-state index in [4.69, 9.17) is 0 Å². The molecule has 2 heterocycles. The third-order valence-electron chi connectivity index (χ3n) is 7.26. The van der Waals surface area contributed by atoms with Crippen molar-refractivity contribution in [1.82, 2.24) is 9.47 Å². The SMILES string of the molecule is Cc1ccc(C)c(N2CCN(C(=O)c3c(C4CC4)n(Cc4ccc(F)cc4)c(C)cc3=O)CC2)c1. The van der Waals surface area contributed by atoms with Gasteiger partial charge in [0, 0.05) is 61.8 Å². The molecular formula is C29H32FN3O2. The first-order valence-corrected chi connectivity index (χ1v) is 12.4. The number of rotatable bonds is 5. The molecule has 2 aromatic carbocycles. The molecule has 2 fully saturated rings. The second kappa shape index (κ2) is 9.33. The van der Waals surface area contributed by atoms with E-state index in [-0.39, 0.29) is 23.1 Å². The zero-order valence-electron chi connectivity index (χ0n) is 20.7. The van der Waals surface area contributed by atoms with Crippen molar-refractivity contribution in [3.63, 3.8) is 0 Å². The molecular weight excluding hydrogens is 441 g/mol. The van der Waals surface area contributed by atoms with Crippen molar-refractivity contribution in [2.75, 3.05) is 31.1 Å². The van der Waals surface area contributed by atoms with E-state index in [0.29, 0.717) is 25.2 Å². The van der Waals surface area contributed by atoms with Crippen molar-refractivity contribution >= 4 is 11.6 Å². The van der Waals surface area contributed by atoms with Crippen LogP contribution in [0.4, 0.5) is 10.1 Å². The van der Waals surface area contributed by atoms with E-state index in [2.05, 4.69) is 41.5 Å². The standard InChI is InChI=1S/C29H32FN3O2/c1-19-4-5-20(2)25(16-19)31-12-14-32(15-13-31)29(35)27-26(34)17-21(3)33(28(27)23-8-9-23)18-22-6-10-24(30)11-7-22/h4-7,10-11,16-17,23H,8-9,12-15,18H2,1-3H3. The van der Waals surface area contributed by atoms with Crippen molar-refractivity contribution in [3.8, 4) is 0 Å². The van der Waals surface area contributed by atoms with Crippen LogP contribution in [0, 0.1) is 26.6 Å². The van der Waals surface area contributed by atoms with Crippen molar-refractivity contribution in [2.45, 2.75) is 46.1 Å². The summed E-state index contributed by atoms with van der Waals surface area (Å²) in [5.41, 5.74) is 6.42. The summed E-state index contributed by atoms with van der Waals surface area (Å²) in [6, 6.07) is 14.5. The Kier molecular flexibility index (Phi) is 6.22. The third-order valence-corrected chi connectivity index (χ3v) is 7.26. The number of nitrogens with zero attached hydrogens (tertiary/aromatic N) is 3. The van der Waals surface area contributed by atoms with Gasteiger partial charge in [-0.2, -0.15) is 0 Å². The van der Waals surface area contributed by atoms with Gasteiger partial charge in [-0.05, 0) is 68.5 Å². The van der Waals surface area contributed by atoms with Crippen LogP contribution < -0.4 is 10.3 Å². The van der Waals surface area contributed by atoms with E-state index >= 15 is 0 Å². The molecule has 1 aromatic heterocycles. The average Bonchev–Trinajstić information content (AvgIpc) is 3.68. The van der Waals surface area contributed by atoms with Crippen LogP contribution in [0.1, 0.15) is 57.2 Å². The predicted octanol–water partition coefficient (Wildman–Crippen LogP) is 4.80. The number of halogens is 1. The maximum Gasteiger partial charge on any atom is 0.259 e. The highest BCUT2D eigenvalue weighted by molar-refractivity contribution is 5.95. The Morgan fingerprint density at radius 1 is 0.943 bits per heavy atom. The Balaban J connectivity index is 1.42. The second-order valence-electron chi connectivity index (χ2n) is 9.97. The number of hydrogen-bond acceptors (Lipinski definition) is 3. The molecule has 6 heteroatoms.